The summed E-state index contributed by atoms with van der Waals surface area (Å²) < 4.78 is 5.21. The molecule has 2 N–H and O–H groups in total. The van der Waals surface area contributed by atoms with E-state index in [0.717, 1.165) is 0 Å². The first-order valence-electron chi connectivity index (χ1n) is 5.81. The van der Waals surface area contributed by atoms with Crippen LogP contribution in [-0.4, -0.2) is 52.8 Å². The highest BCUT2D eigenvalue weighted by atomic mass is 16.4. The summed E-state index contributed by atoms with van der Waals surface area (Å²) in [6.07, 6.45) is 1.39. The Kier molecular flexibility index (Phi) is 3.61. The molecule has 1 fully saturated rings. The molecule has 1 aromatic heterocycles. The second kappa shape index (κ2) is 5.18. The Bertz CT molecular complexity index is 449. The number of hydrogen-bond donors (Lipinski definition) is 1. The zero-order valence-corrected chi connectivity index (χ0v) is 10.3. The van der Waals surface area contributed by atoms with Crippen molar-refractivity contribution >= 4 is 11.8 Å². The first-order valence-corrected chi connectivity index (χ1v) is 5.81. The number of rotatable bonds is 2. The van der Waals surface area contributed by atoms with Gasteiger partial charge in [0.25, 0.3) is 5.91 Å². The van der Waals surface area contributed by atoms with Gasteiger partial charge in [0.05, 0.1) is 12.7 Å². The Morgan fingerprint density at radius 3 is 2.44 bits per heavy atom. The molecule has 98 valence electrons. The van der Waals surface area contributed by atoms with Crippen LogP contribution in [0.15, 0.2) is 10.6 Å². The standard InChI is InChI=1S/C11H16N4O3/c1-8(16)14-2-4-15(5-3-14)11(17)9-7-13-10(6-12)18-9/h7H,2-6,12H2,1H3. The summed E-state index contributed by atoms with van der Waals surface area (Å²) in [6.45, 7) is 3.83. The topological polar surface area (TPSA) is 92.7 Å². The Labute approximate surface area is 105 Å². The number of oxazole rings is 1. The highest BCUT2D eigenvalue weighted by Crippen LogP contribution is 2.10. The molecule has 1 aliphatic rings. The van der Waals surface area contributed by atoms with Gasteiger partial charge in [-0.2, -0.15) is 0 Å². The number of hydrogen-bond acceptors (Lipinski definition) is 5. The van der Waals surface area contributed by atoms with Crippen LogP contribution in [0.3, 0.4) is 0 Å². The lowest BCUT2D eigenvalue weighted by Crippen LogP contribution is -2.50. The number of piperazine rings is 1. The highest BCUT2D eigenvalue weighted by molar-refractivity contribution is 5.91. The maximum absolute atomic E-state index is 12.1. The van der Waals surface area contributed by atoms with Gasteiger partial charge in [-0.1, -0.05) is 0 Å². The molecule has 0 aliphatic carbocycles. The molecule has 18 heavy (non-hydrogen) atoms. The van der Waals surface area contributed by atoms with Gasteiger partial charge >= 0.3 is 0 Å². The molecule has 0 atom stereocenters. The van der Waals surface area contributed by atoms with E-state index in [-0.39, 0.29) is 24.1 Å². The van der Waals surface area contributed by atoms with Crippen molar-refractivity contribution in [3.05, 3.63) is 17.8 Å². The summed E-state index contributed by atoms with van der Waals surface area (Å²) in [5.41, 5.74) is 5.37. The second-order valence-electron chi connectivity index (χ2n) is 4.12. The summed E-state index contributed by atoms with van der Waals surface area (Å²) in [7, 11) is 0. The Morgan fingerprint density at radius 2 is 1.94 bits per heavy atom. The lowest BCUT2D eigenvalue weighted by Gasteiger charge is -2.33. The van der Waals surface area contributed by atoms with Gasteiger partial charge in [-0.15, -0.1) is 0 Å². The molecular formula is C11H16N4O3. The van der Waals surface area contributed by atoms with E-state index < -0.39 is 0 Å². The average Bonchev–Trinajstić information content (AvgIpc) is 2.86. The van der Waals surface area contributed by atoms with Gasteiger partial charge in [0, 0.05) is 33.1 Å². The molecule has 7 heteroatoms. The molecule has 2 amide bonds. The van der Waals surface area contributed by atoms with Crippen LogP contribution in [0.1, 0.15) is 23.4 Å². The minimum atomic E-state index is -0.203. The highest BCUT2D eigenvalue weighted by Gasteiger charge is 2.25. The first-order chi connectivity index (χ1) is 8.61. The van der Waals surface area contributed by atoms with Crippen LogP contribution in [-0.2, 0) is 11.3 Å². The number of nitrogens with two attached hydrogens (primary N) is 1. The quantitative estimate of drug-likeness (QED) is 0.761. The van der Waals surface area contributed by atoms with Crippen molar-refractivity contribution in [1.82, 2.24) is 14.8 Å². The lowest BCUT2D eigenvalue weighted by atomic mass is 10.3. The predicted molar refractivity (Wildman–Crippen MR) is 62.6 cm³/mol. The first kappa shape index (κ1) is 12.6. The third-order valence-electron chi connectivity index (χ3n) is 2.95. The van der Waals surface area contributed by atoms with E-state index in [2.05, 4.69) is 4.98 Å². The molecule has 0 aromatic carbocycles. The number of aromatic nitrogens is 1. The minimum absolute atomic E-state index is 0.0344. The zero-order valence-electron chi connectivity index (χ0n) is 10.3. The van der Waals surface area contributed by atoms with Crippen molar-refractivity contribution < 1.29 is 14.0 Å². The van der Waals surface area contributed by atoms with Gasteiger partial charge < -0.3 is 20.0 Å². The second-order valence-corrected chi connectivity index (χ2v) is 4.12. The van der Waals surface area contributed by atoms with Crippen LogP contribution in [0.4, 0.5) is 0 Å². The monoisotopic (exact) mass is 252 g/mol. The molecule has 1 aromatic rings. The van der Waals surface area contributed by atoms with Crippen LogP contribution >= 0.6 is 0 Å². The van der Waals surface area contributed by atoms with E-state index in [1.165, 1.54) is 13.1 Å². The van der Waals surface area contributed by atoms with E-state index in [1.807, 2.05) is 0 Å². The number of nitrogens with zero attached hydrogens (tertiary/aromatic N) is 3. The van der Waals surface area contributed by atoms with Crippen LogP contribution < -0.4 is 5.73 Å². The van der Waals surface area contributed by atoms with Crippen molar-refractivity contribution in [1.29, 1.82) is 0 Å². The smallest absolute Gasteiger partial charge is 0.291 e. The van der Waals surface area contributed by atoms with Crippen molar-refractivity contribution in [3.63, 3.8) is 0 Å². The van der Waals surface area contributed by atoms with Crippen LogP contribution in [0.2, 0.25) is 0 Å². The number of amides is 2. The molecular weight excluding hydrogens is 236 g/mol. The fourth-order valence-electron chi connectivity index (χ4n) is 1.88. The fraction of sp³-hybridized carbons (Fsp3) is 0.545. The molecule has 1 saturated heterocycles. The van der Waals surface area contributed by atoms with Gasteiger partial charge in [0.1, 0.15) is 0 Å². The summed E-state index contributed by atoms with van der Waals surface area (Å²) in [5.74, 6) is 0.380. The molecule has 0 unspecified atom stereocenters. The largest absolute Gasteiger partial charge is 0.434 e. The summed E-state index contributed by atoms with van der Waals surface area (Å²) in [4.78, 5) is 30.5. The summed E-state index contributed by atoms with van der Waals surface area (Å²) in [6, 6.07) is 0. The van der Waals surface area contributed by atoms with Crippen molar-refractivity contribution in [2.75, 3.05) is 26.2 Å². The Balaban J connectivity index is 1.97. The van der Waals surface area contributed by atoms with E-state index in [0.29, 0.717) is 32.1 Å². The van der Waals surface area contributed by atoms with E-state index in [1.54, 1.807) is 9.80 Å². The van der Waals surface area contributed by atoms with Crippen molar-refractivity contribution in [2.24, 2.45) is 5.73 Å². The summed E-state index contributed by atoms with van der Waals surface area (Å²) >= 11 is 0. The lowest BCUT2D eigenvalue weighted by molar-refractivity contribution is -0.130. The van der Waals surface area contributed by atoms with Gasteiger partial charge in [-0.3, -0.25) is 9.59 Å². The van der Waals surface area contributed by atoms with E-state index in [4.69, 9.17) is 10.2 Å². The Hall–Kier alpha value is -1.89. The van der Waals surface area contributed by atoms with Crippen molar-refractivity contribution in [2.45, 2.75) is 13.5 Å². The number of carbonyl (C=O) groups excluding carboxylic acids is 2. The normalized spacial score (nSPS) is 15.9. The molecule has 0 radical (unpaired) electrons. The maximum atomic E-state index is 12.1. The van der Waals surface area contributed by atoms with Gasteiger partial charge in [-0.25, -0.2) is 4.98 Å². The maximum Gasteiger partial charge on any atom is 0.291 e. The fourth-order valence-corrected chi connectivity index (χ4v) is 1.88. The van der Waals surface area contributed by atoms with Crippen LogP contribution in [0.5, 0.6) is 0 Å². The zero-order chi connectivity index (χ0) is 13.1. The molecule has 0 saturated carbocycles. The van der Waals surface area contributed by atoms with E-state index in [9.17, 15) is 9.59 Å². The Morgan fingerprint density at radius 1 is 1.33 bits per heavy atom. The van der Waals surface area contributed by atoms with Crippen LogP contribution in [0.25, 0.3) is 0 Å². The third-order valence-corrected chi connectivity index (χ3v) is 2.95. The molecule has 2 rings (SSSR count). The van der Waals surface area contributed by atoms with Gasteiger partial charge in [0.2, 0.25) is 17.6 Å². The number of carbonyl (C=O) groups is 2. The molecule has 0 bridgehead atoms. The molecule has 1 aliphatic heterocycles. The minimum Gasteiger partial charge on any atom is -0.434 e. The SMILES string of the molecule is CC(=O)N1CCN(C(=O)c2cnc(CN)o2)CC1. The van der Waals surface area contributed by atoms with Crippen LogP contribution in [0, 0.1) is 0 Å². The summed E-state index contributed by atoms with van der Waals surface area (Å²) in [5, 5.41) is 0. The molecule has 7 nitrogen and oxygen atoms in total. The van der Waals surface area contributed by atoms with E-state index >= 15 is 0 Å². The third kappa shape index (κ3) is 2.51. The van der Waals surface area contributed by atoms with Gasteiger partial charge in [-0.05, 0) is 0 Å². The molecule has 0 spiro atoms. The predicted octanol–water partition coefficient (Wildman–Crippen LogP) is -0.562. The average molecular weight is 252 g/mol. The van der Waals surface area contributed by atoms with Crippen molar-refractivity contribution in [3.8, 4) is 0 Å². The van der Waals surface area contributed by atoms with Gasteiger partial charge in [0.15, 0.2) is 0 Å². The molecule has 2 heterocycles.